The fraction of sp³-hybridized carbons (Fsp3) is 0.0952. The Morgan fingerprint density at radius 3 is 2.60 bits per heavy atom. The summed E-state index contributed by atoms with van der Waals surface area (Å²) in [5, 5.41) is 2.15. The van der Waals surface area contributed by atoms with Crippen LogP contribution in [-0.2, 0) is 17.8 Å². The Bertz CT molecular complexity index is 1010. The molecule has 3 aromatic heterocycles. The van der Waals surface area contributed by atoms with E-state index in [2.05, 4.69) is 28.2 Å². The van der Waals surface area contributed by atoms with Crippen LogP contribution in [0.5, 0.6) is 0 Å². The molecule has 0 unspecified atom stereocenters. The lowest BCUT2D eigenvalue weighted by molar-refractivity contribution is -0.119. The number of nitrogens with zero attached hydrogens (tertiary/aromatic N) is 3. The summed E-state index contributed by atoms with van der Waals surface area (Å²) in [7, 11) is 0. The van der Waals surface area contributed by atoms with Gasteiger partial charge in [-0.15, -0.1) is 0 Å². The number of benzene rings is 1. The molecule has 0 saturated heterocycles. The van der Waals surface area contributed by atoms with Crippen LogP contribution in [0.15, 0.2) is 79.5 Å². The number of carbonyl (C=O) groups excluding carboxylic acids is 1. The molecular formula is C21H17N3O. The van der Waals surface area contributed by atoms with E-state index >= 15 is 0 Å². The largest absolute Gasteiger partial charge is 0.347 e. The lowest BCUT2D eigenvalue weighted by atomic mass is 10.0. The van der Waals surface area contributed by atoms with E-state index in [1.165, 1.54) is 0 Å². The van der Waals surface area contributed by atoms with E-state index in [0.717, 1.165) is 27.6 Å². The van der Waals surface area contributed by atoms with E-state index in [1.54, 1.807) is 6.20 Å². The van der Waals surface area contributed by atoms with Gasteiger partial charge < -0.3 is 4.57 Å². The lowest BCUT2D eigenvalue weighted by Crippen LogP contribution is -2.11. The highest BCUT2D eigenvalue weighted by molar-refractivity contribution is 5.88. The molecule has 122 valence electrons. The summed E-state index contributed by atoms with van der Waals surface area (Å²) < 4.78 is 1.88. The van der Waals surface area contributed by atoms with Crippen LogP contribution in [0.4, 0.5) is 0 Å². The minimum atomic E-state index is 0.145. The summed E-state index contributed by atoms with van der Waals surface area (Å²) in [5.41, 5.74) is 2.98. The van der Waals surface area contributed by atoms with Crippen LogP contribution >= 0.6 is 0 Å². The molecule has 0 amide bonds. The SMILES string of the molecule is O=C(Cc1cc2cc(-c3cccnc3)ccc2cn1)Cn1cccc1. The molecule has 4 heteroatoms. The predicted octanol–water partition coefficient (Wildman–Crippen LogP) is 3.91. The number of hydrogen-bond donors (Lipinski definition) is 0. The van der Waals surface area contributed by atoms with Gasteiger partial charge in [-0.2, -0.15) is 0 Å². The molecule has 0 aliphatic heterocycles. The monoisotopic (exact) mass is 327 g/mol. The zero-order valence-electron chi connectivity index (χ0n) is 13.7. The summed E-state index contributed by atoms with van der Waals surface area (Å²) in [6.45, 7) is 0.377. The van der Waals surface area contributed by atoms with Crippen molar-refractivity contribution in [2.45, 2.75) is 13.0 Å². The van der Waals surface area contributed by atoms with Crippen LogP contribution in [0.1, 0.15) is 5.69 Å². The van der Waals surface area contributed by atoms with Gasteiger partial charge in [-0.05, 0) is 41.3 Å². The van der Waals surface area contributed by atoms with Crippen molar-refractivity contribution in [3.8, 4) is 11.1 Å². The smallest absolute Gasteiger partial charge is 0.158 e. The van der Waals surface area contributed by atoms with Gasteiger partial charge in [0.15, 0.2) is 5.78 Å². The highest BCUT2D eigenvalue weighted by Gasteiger charge is 2.07. The normalized spacial score (nSPS) is 10.9. The maximum atomic E-state index is 12.2. The number of aromatic nitrogens is 3. The van der Waals surface area contributed by atoms with Crippen LogP contribution in [0.3, 0.4) is 0 Å². The number of rotatable bonds is 5. The van der Waals surface area contributed by atoms with Crippen molar-refractivity contribution < 1.29 is 4.79 Å². The van der Waals surface area contributed by atoms with Gasteiger partial charge in [0.1, 0.15) is 0 Å². The molecule has 0 radical (unpaired) electrons. The van der Waals surface area contributed by atoms with Crippen LogP contribution in [0.25, 0.3) is 21.9 Å². The molecule has 4 rings (SSSR count). The maximum Gasteiger partial charge on any atom is 0.158 e. The van der Waals surface area contributed by atoms with Gasteiger partial charge in [0.2, 0.25) is 0 Å². The van der Waals surface area contributed by atoms with Crippen molar-refractivity contribution in [3.05, 3.63) is 85.2 Å². The van der Waals surface area contributed by atoms with Crippen molar-refractivity contribution in [3.63, 3.8) is 0 Å². The first-order valence-electron chi connectivity index (χ1n) is 8.19. The van der Waals surface area contributed by atoms with Gasteiger partial charge in [-0.1, -0.05) is 18.2 Å². The average Bonchev–Trinajstić information content (AvgIpc) is 3.14. The molecule has 1 aromatic carbocycles. The van der Waals surface area contributed by atoms with E-state index in [-0.39, 0.29) is 5.78 Å². The molecule has 0 aliphatic rings. The third-order valence-electron chi connectivity index (χ3n) is 4.18. The maximum absolute atomic E-state index is 12.2. The van der Waals surface area contributed by atoms with E-state index < -0.39 is 0 Å². The second kappa shape index (κ2) is 6.69. The molecule has 4 aromatic rings. The van der Waals surface area contributed by atoms with Gasteiger partial charge in [0, 0.05) is 47.6 Å². The quantitative estimate of drug-likeness (QED) is 0.558. The Balaban J connectivity index is 1.59. The Morgan fingerprint density at radius 1 is 0.920 bits per heavy atom. The van der Waals surface area contributed by atoms with Crippen molar-refractivity contribution in [1.82, 2.24) is 14.5 Å². The van der Waals surface area contributed by atoms with Crippen LogP contribution < -0.4 is 0 Å². The number of pyridine rings is 2. The third kappa shape index (κ3) is 3.48. The van der Waals surface area contributed by atoms with Gasteiger partial charge in [0.05, 0.1) is 13.0 Å². The molecule has 0 spiro atoms. The number of fused-ring (bicyclic) bond motifs is 1. The second-order valence-corrected chi connectivity index (χ2v) is 6.05. The minimum Gasteiger partial charge on any atom is -0.347 e. The highest BCUT2D eigenvalue weighted by Crippen LogP contribution is 2.24. The number of carbonyl (C=O) groups is 1. The molecular weight excluding hydrogens is 310 g/mol. The van der Waals surface area contributed by atoms with E-state index in [4.69, 9.17) is 0 Å². The lowest BCUT2D eigenvalue weighted by Gasteiger charge is -2.06. The Hall–Kier alpha value is -3.27. The molecule has 25 heavy (non-hydrogen) atoms. The summed E-state index contributed by atoms with van der Waals surface area (Å²) in [5.74, 6) is 0.145. The van der Waals surface area contributed by atoms with Crippen LogP contribution in [0, 0.1) is 0 Å². The molecule has 0 atom stereocenters. The zero-order chi connectivity index (χ0) is 17.1. The first-order chi connectivity index (χ1) is 12.3. The topological polar surface area (TPSA) is 47.8 Å². The summed E-state index contributed by atoms with van der Waals surface area (Å²) in [6.07, 6.45) is 9.58. The highest BCUT2D eigenvalue weighted by atomic mass is 16.1. The molecule has 0 fully saturated rings. The molecule has 3 heterocycles. The van der Waals surface area contributed by atoms with Crippen molar-refractivity contribution in [1.29, 1.82) is 0 Å². The third-order valence-corrected chi connectivity index (χ3v) is 4.18. The average molecular weight is 327 g/mol. The van der Waals surface area contributed by atoms with Gasteiger partial charge in [-0.3, -0.25) is 14.8 Å². The fourth-order valence-corrected chi connectivity index (χ4v) is 2.93. The predicted molar refractivity (Wildman–Crippen MR) is 98.1 cm³/mol. The van der Waals surface area contributed by atoms with Crippen molar-refractivity contribution in [2.75, 3.05) is 0 Å². The molecule has 0 bridgehead atoms. The minimum absolute atomic E-state index is 0.145. The molecule has 0 saturated carbocycles. The number of ketones is 1. The van der Waals surface area contributed by atoms with Gasteiger partial charge >= 0.3 is 0 Å². The first kappa shape index (κ1) is 15.3. The van der Waals surface area contributed by atoms with E-state index in [0.29, 0.717) is 13.0 Å². The summed E-state index contributed by atoms with van der Waals surface area (Å²) >= 11 is 0. The fourth-order valence-electron chi connectivity index (χ4n) is 2.93. The molecule has 4 nitrogen and oxygen atoms in total. The van der Waals surface area contributed by atoms with Gasteiger partial charge in [0.25, 0.3) is 0 Å². The second-order valence-electron chi connectivity index (χ2n) is 6.05. The Morgan fingerprint density at radius 2 is 1.80 bits per heavy atom. The van der Waals surface area contributed by atoms with E-state index in [1.807, 2.05) is 59.7 Å². The van der Waals surface area contributed by atoms with Crippen molar-refractivity contribution in [2.24, 2.45) is 0 Å². The molecule has 0 aliphatic carbocycles. The van der Waals surface area contributed by atoms with Gasteiger partial charge in [-0.25, -0.2) is 0 Å². The van der Waals surface area contributed by atoms with Crippen molar-refractivity contribution >= 4 is 16.6 Å². The Labute approximate surface area is 145 Å². The van der Waals surface area contributed by atoms with Crippen LogP contribution in [0.2, 0.25) is 0 Å². The van der Waals surface area contributed by atoms with Crippen LogP contribution in [-0.4, -0.2) is 20.3 Å². The van der Waals surface area contributed by atoms with E-state index in [9.17, 15) is 4.79 Å². The first-order valence-corrected chi connectivity index (χ1v) is 8.19. The number of hydrogen-bond acceptors (Lipinski definition) is 3. The standard InChI is InChI=1S/C21H17N3O/c25-21(15-24-8-1-2-9-24)12-20-11-19-10-16(5-6-18(19)14-23-20)17-4-3-7-22-13-17/h1-11,13-14H,12,15H2. The summed E-state index contributed by atoms with van der Waals surface area (Å²) in [4.78, 5) is 20.8. The summed E-state index contributed by atoms with van der Waals surface area (Å²) in [6, 6.07) is 16.0. The zero-order valence-corrected chi connectivity index (χ0v) is 13.7. The Kier molecular flexibility index (Phi) is 4.09. The number of Topliss-reactive ketones (excluding diaryl/α,β-unsaturated/α-hetero) is 1. The molecule has 0 N–H and O–H groups in total.